The second-order valence-corrected chi connectivity index (χ2v) is 9.79. The first-order valence-electron chi connectivity index (χ1n) is 9.14. The molecule has 3 aromatic carbocycles. The summed E-state index contributed by atoms with van der Waals surface area (Å²) in [5, 5.41) is 10.9. The number of thioether (sulfide) groups is 1. The smallest absolute Gasteiger partial charge is 0.241 e. The van der Waals surface area contributed by atoms with Crippen LogP contribution in [0.1, 0.15) is 22.4 Å². The zero-order chi connectivity index (χ0) is 20.0. The fourth-order valence-corrected chi connectivity index (χ4v) is 6.37. The summed E-state index contributed by atoms with van der Waals surface area (Å²) in [6.07, 6.45) is 1.65. The van der Waals surface area contributed by atoms with Gasteiger partial charge in [-0.25, -0.2) is 13.1 Å². The molecule has 5 rings (SSSR count). The van der Waals surface area contributed by atoms with Crippen LogP contribution in [0, 0.1) is 0 Å². The Hall–Kier alpha value is -2.68. The van der Waals surface area contributed by atoms with Crippen molar-refractivity contribution in [1.82, 2.24) is 19.5 Å². The average Bonchev–Trinajstić information content (AvgIpc) is 3.27. The summed E-state index contributed by atoms with van der Waals surface area (Å²) >= 11 is 1.52. The molecule has 0 spiro atoms. The van der Waals surface area contributed by atoms with E-state index in [2.05, 4.69) is 33.1 Å². The van der Waals surface area contributed by atoms with Gasteiger partial charge in [0.25, 0.3) is 0 Å². The third-order valence-corrected chi connectivity index (χ3v) is 7.97. The molecule has 29 heavy (non-hydrogen) atoms. The zero-order valence-electron chi connectivity index (χ0n) is 15.6. The van der Waals surface area contributed by atoms with Gasteiger partial charge in [0, 0.05) is 7.05 Å². The van der Waals surface area contributed by atoms with Crippen LogP contribution in [-0.4, -0.2) is 23.2 Å². The maximum absolute atomic E-state index is 13.1. The number of benzene rings is 3. The summed E-state index contributed by atoms with van der Waals surface area (Å²) in [6.45, 7) is 0. The molecule has 8 heteroatoms. The lowest BCUT2D eigenvalue weighted by atomic mass is 10.1. The topological polar surface area (TPSA) is 76.9 Å². The standard InChI is InChI=1S/C21H18N4O2S2/c1-25-13-22-23-21(25)28-20-17-12-6-8-14-7-5-11-16(18(14)17)19(20)24-29(26,27)15-9-3-2-4-10-15/h2-13,19-20,24H,1H3/t19-,20+/m1/s1. The van der Waals surface area contributed by atoms with Crippen LogP contribution in [-0.2, 0) is 17.1 Å². The number of aryl methyl sites for hydroxylation is 1. The van der Waals surface area contributed by atoms with E-state index in [1.807, 2.05) is 29.8 Å². The van der Waals surface area contributed by atoms with Crippen LogP contribution in [0.5, 0.6) is 0 Å². The van der Waals surface area contributed by atoms with Crippen molar-refractivity contribution >= 4 is 32.6 Å². The van der Waals surface area contributed by atoms with E-state index >= 15 is 0 Å². The van der Waals surface area contributed by atoms with Gasteiger partial charge >= 0.3 is 0 Å². The molecule has 1 N–H and O–H groups in total. The van der Waals surface area contributed by atoms with E-state index in [4.69, 9.17) is 0 Å². The molecule has 6 nitrogen and oxygen atoms in total. The van der Waals surface area contributed by atoms with Crippen molar-refractivity contribution in [2.75, 3.05) is 0 Å². The van der Waals surface area contributed by atoms with Gasteiger partial charge in [0.15, 0.2) is 5.16 Å². The number of aromatic nitrogens is 3. The Morgan fingerprint density at radius 3 is 2.38 bits per heavy atom. The molecule has 0 aliphatic heterocycles. The van der Waals surface area contributed by atoms with Crippen molar-refractivity contribution in [2.45, 2.75) is 21.3 Å². The third-order valence-electron chi connectivity index (χ3n) is 5.15. The number of hydrogen-bond acceptors (Lipinski definition) is 5. The van der Waals surface area contributed by atoms with Crippen molar-refractivity contribution in [2.24, 2.45) is 7.05 Å². The molecule has 0 fully saturated rings. The SMILES string of the molecule is Cn1cnnc1S[C@H]1c2cccc3cccc(c23)[C@H]1NS(=O)(=O)c1ccccc1. The van der Waals surface area contributed by atoms with Gasteiger partial charge in [-0.05, 0) is 34.0 Å². The van der Waals surface area contributed by atoms with Crippen LogP contribution in [0.3, 0.4) is 0 Å². The van der Waals surface area contributed by atoms with Crippen LogP contribution < -0.4 is 4.72 Å². The molecule has 0 radical (unpaired) electrons. The molecule has 2 atom stereocenters. The molecule has 0 bridgehead atoms. The van der Waals surface area contributed by atoms with E-state index in [0.717, 1.165) is 27.1 Å². The molecule has 0 amide bonds. The van der Waals surface area contributed by atoms with Crippen LogP contribution in [0.15, 0.2) is 83.1 Å². The second kappa shape index (κ2) is 6.98. The third kappa shape index (κ3) is 3.13. The normalized spacial score (nSPS) is 18.4. The average molecular weight is 423 g/mol. The Morgan fingerprint density at radius 2 is 1.69 bits per heavy atom. The van der Waals surface area contributed by atoms with Crippen LogP contribution in [0.25, 0.3) is 10.8 Å². The number of rotatable bonds is 5. The highest BCUT2D eigenvalue weighted by molar-refractivity contribution is 7.99. The minimum Gasteiger partial charge on any atom is -0.312 e. The predicted octanol–water partition coefficient (Wildman–Crippen LogP) is 3.83. The van der Waals surface area contributed by atoms with Gasteiger partial charge in [0.2, 0.25) is 10.0 Å². The van der Waals surface area contributed by atoms with E-state index in [1.54, 1.807) is 36.7 Å². The molecular weight excluding hydrogens is 404 g/mol. The first-order chi connectivity index (χ1) is 14.0. The van der Waals surface area contributed by atoms with Crippen molar-refractivity contribution < 1.29 is 8.42 Å². The Kier molecular flexibility index (Phi) is 4.42. The number of sulfonamides is 1. The molecule has 1 aliphatic carbocycles. The van der Waals surface area contributed by atoms with E-state index in [9.17, 15) is 8.42 Å². The molecule has 0 unspecified atom stereocenters. The van der Waals surface area contributed by atoms with Crippen molar-refractivity contribution in [3.05, 3.63) is 84.2 Å². The largest absolute Gasteiger partial charge is 0.312 e. The molecule has 4 aromatic rings. The number of nitrogens with one attached hydrogen (secondary N) is 1. The Bertz CT molecular complexity index is 1300. The van der Waals surface area contributed by atoms with E-state index < -0.39 is 16.1 Å². The summed E-state index contributed by atoms with van der Waals surface area (Å²) in [7, 11) is -1.80. The monoisotopic (exact) mass is 422 g/mol. The lowest BCUT2D eigenvalue weighted by molar-refractivity contribution is 0.557. The van der Waals surface area contributed by atoms with Gasteiger partial charge in [0.1, 0.15) is 6.33 Å². The van der Waals surface area contributed by atoms with Crippen LogP contribution >= 0.6 is 11.8 Å². The molecule has 1 aliphatic rings. The predicted molar refractivity (Wildman–Crippen MR) is 113 cm³/mol. The minimum atomic E-state index is -3.69. The fraction of sp³-hybridized carbons (Fsp3) is 0.143. The molecule has 0 saturated heterocycles. The van der Waals surface area contributed by atoms with Gasteiger partial charge in [-0.1, -0.05) is 66.4 Å². The molecular formula is C21H18N4O2S2. The van der Waals surface area contributed by atoms with Gasteiger partial charge in [-0.15, -0.1) is 10.2 Å². The maximum atomic E-state index is 13.1. The zero-order valence-corrected chi connectivity index (χ0v) is 17.2. The molecule has 146 valence electrons. The lowest BCUT2D eigenvalue weighted by Gasteiger charge is -2.22. The Labute approximate surface area is 173 Å². The summed E-state index contributed by atoms with van der Waals surface area (Å²) in [5.74, 6) is 0. The van der Waals surface area contributed by atoms with Crippen LogP contribution in [0.2, 0.25) is 0 Å². The summed E-state index contributed by atoms with van der Waals surface area (Å²) < 4.78 is 31.0. The van der Waals surface area contributed by atoms with Crippen molar-refractivity contribution in [3.63, 3.8) is 0 Å². The fourth-order valence-electron chi connectivity index (χ4n) is 3.82. The van der Waals surface area contributed by atoms with E-state index in [1.165, 1.54) is 11.8 Å². The van der Waals surface area contributed by atoms with Gasteiger partial charge < -0.3 is 4.57 Å². The highest BCUT2D eigenvalue weighted by atomic mass is 32.2. The van der Waals surface area contributed by atoms with Crippen molar-refractivity contribution in [3.8, 4) is 0 Å². The molecule has 1 aromatic heterocycles. The molecule has 1 heterocycles. The highest BCUT2D eigenvalue weighted by Gasteiger charge is 2.38. The Balaban J connectivity index is 1.62. The van der Waals surface area contributed by atoms with E-state index in [-0.39, 0.29) is 10.1 Å². The summed E-state index contributed by atoms with van der Waals surface area (Å²) in [6, 6.07) is 20.2. The quantitative estimate of drug-likeness (QED) is 0.529. The van der Waals surface area contributed by atoms with Gasteiger partial charge in [-0.3, -0.25) is 0 Å². The molecule has 0 saturated carbocycles. The van der Waals surface area contributed by atoms with Crippen LogP contribution in [0.4, 0.5) is 0 Å². The number of hydrogen-bond donors (Lipinski definition) is 1. The van der Waals surface area contributed by atoms with E-state index in [0.29, 0.717) is 0 Å². The van der Waals surface area contributed by atoms with Gasteiger partial charge in [-0.2, -0.15) is 0 Å². The first kappa shape index (κ1) is 18.4. The minimum absolute atomic E-state index is 0.155. The highest BCUT2D eigenvalue weighted by Crippen LogP contribution is 2.52. The summed E-state index contributed by atoms with van der Waals surface area (Å²) in [5.41, 5.74) is 2.09. The number of nitrogens with zero attached hydrogens (tertiary/aromatic N) is 3. The second-order valence-electron chi connectivity index (χ2n) is 6.97. The summed E-state index contributed by atoms with van der Waals surface area (Å²) in [4.78, 5) is 0.255. The Morgan fingerprint density at radius 1 is 0.966 bits per heavy atom. The van der Waals surface area contributed by atoms with Crippen molar-refractivity contribution in [1.29, 1.82) is 0 Å². The van der Waals surface area contributed by atoms with Gasteiger partial charge in [0.05, 0.1) is 16.2 Å². The first-order valence-corrected chi connectivity index (χ1v) is 11.5. The maximum Gasteiger partial charge on any atom is 0.241 e. The lowest BCUT2D eigenvalue weighted by Crippen LogP contribution is -2.30.